The summed E-state index contributed by atoms with van der Waals surface area (Å²) in [4.78, 5) is 0.281. The fourth-order valence-electron chi connectivity index (χ4n) is 1.93. The Morgan fingerprint density at radius 1 is 1.29 bits per heavy atom. The van der Waals surface area contributed by atoms with Gasteiger partial charge in [0.05, 0.1) is 11.5 Å². The Morgan fingerprint density at radius 3 is 2.38 bits per heavy atom. The van der Waals surface area contributed by atoms with Gasteiger partial charge in [-0.25, -0.2) is 12.7 Å². The van der Waals surface area contributed by atoms with Gasteiger partial charge in [-0.05, 0) is 43.7 Å². The molecule has 1 aromatic rings. The summed E-state index contributed by atoms with van der Waals surface area (Å²) in [5.41, 5.74) is 6.39. The van der Waals surface area contributed by atoms with Crippen molar-refractivity contribution in [1.29, 1.82) is 0 Å². The van der Waals surface area contributed by atoms with Gasteiger partial charge in [0.25, 0.3) is 0 Å². The quantitative estimate of drug-likeness (QED) is 0.713. The molecule has 1 rings (SSSR count). The standard InChI is InChI=1S/C14H25N3O3S/c1-17(2)21(18,19)14-8-6-12(7-9-14)16-13(11-20-3)5-4-10-15/h6-9,13,16H,4-5,10-11,15H2,1-3H3. The fourth-order valence-corrected chi connectivity index (χ4v) is 2.83. The van der Waals surface area contributed by atoms with Crippen LogP contribution >= 0.6 is 0 Å². The van der Waals surface area contributed by atoms with Crippen LogP contribution < -0.4 is 11.1 Å². The number of anilines is 1. The zero-order valence-corrected chi connectivity index (χ0v) is 13.7. The van der Waals surface area contributed by atoms with E-state index in [1.54, 1.807) is 31.4 Å². The largest absolute Gasteiger partial charge is 0.383 e. The smallest absolute Gasteiger partial charge is 0.242 e. The van der Waals surface area contributed by atoms with Crippen LogP contribution in [0.1, 0.15) is 12.8 Å². The van der Waals surface area contributed by atoms with E-state index in [1.807, 2.05) is 0 Å². The number of rotatable bonds is 9. The van der Waals surface area contributed by atoms with E-state index in [1.165, 1.54) is 18.4 Å². The minimum atomic E-state index is -3.38. The van der Waals surface area contributed by atoms with Crippen molar-refractivity contribution in [2.24, 2.45) is 5.73 Å². The van der Waals surface area contributed by atoms with Gasteiger partial charge in [-0.1, -0.05) is 0 Å². The predicted octanol–water partition coefficient (Wildman–Crippen LogP) is 1.10. The lowest BCUT2D eigenvalue weighted by Crippen LogP contribution is -2.26. The molecule has 0 aliphatic rings. The molecule has 0 aliphatic carbocycles. The van der Waals surface area contributed by atoms with E-state index in [2.05, 4.69) is 5.32 Å². The van der Waals surface area contributed by atoms with Crippen LogP contribution in [-0.4, -0.2) is 53.1 Å². The van der Waals surface area contributed by atoms with Crippen LogP contribution in [0.5, 0.6) is 0 Å². The third kappa shape index (κ3) is 5.28. The first kappa shape index (κ1) is 17.9. The summed E-state index contributed by atoms with van der Waals surface area (Å²) in [6, 6.07) is 6.90. The number of benzene rings is 1. The molecule has 1 aromatic carbocycles. The van der Waals surface area contributed by atoms with E-state index in [0.29, 0.717) is 13.2 Å². The monoisotopic (exact) mass is 315 g/mol. The number of sulfonamides is 1. The highest BCUT2D eigenvalue weighted by Crippen LogP contribution is 2.18. The number of nitrogens with zero attached hydrogens (tertiary/aromatic N) is 1. The lowest BCUT2D eigenvalue weighted by molar-refractivity contribution is 0.182. The highest BCUT2D eigenvalue weighted by Gasteiger charge is 2.17. The van der Waals surface area contributed by atoms with Crippen LogP contribution in [0.4, 0.5) is 5.69 Å². The second-order valence-electron chi connectivity index (χ2n) is 5.04. The van der Waals surface area contributed by atoms with E-state index in [-0.39, 0.29) is 10.9 Å². The second-order valence-corrected chi connectivity index (χ2v) is 7.19. The molecule has 7 heteroatoms. The van der Waals surface area contributed by atoms with E-state index in [4.69, 9.17) is 10.5 Å². The average molecular weight is 315 g/mol. The highest BCUT2D eigenvalue weighted by molar-refractivity contribution is 7.89. The molecule has 21 heavy (non-hydrogen) atoms. The Labute approximate surface area is 127 Å². The van der Waals surface area contributed by atoms with Gasteiger partial charge in [0, 0.05) is 32.9 Å². The van der Waals surface area contributed by atoms with Gasteiger partial charge in [0.1, 0.15) is 0 Å². The van der Waals surface area contributed by atoms with Crippen LogP contribution in [-0.2, 0) is 14.8 Å². The van der Waals surface area contributed by atoms with Crippen LogP contribution in [0, 0.1) is 0 Å². The molecular weight excluding hydrogens is 290 g/mol. The van der Waals surface area contributed by atoms with E-state index < -0.39 is 10.0 Å². The number of nitrogens with two attached hydrogens (primary N) is 1. The molecule has 0 aliphatic heterocycles. The molecule has 0 fully saturated rings. The summed E-state index contributed by atoms with van der Waals surface area (Å²) in [5, 5.41) is 3.33. The minimum Gasteiger partial charge on any atom is -0.383 e. The van der Waals surface area contributed by atoms with Gasteiger partial charge in [-0.2, -0.15) is 0 Å². The van der Waals surface area contributed by atoms with Gasteiger partial charge >= 0.3 is 0 Å². The van der Waals surface area contributed by atoms with Crippen molar-refractivity contribution in [3.8, 4) is 0 Å². The van der Waals surface area contributed by atoms with E-state index >= 15 is 0 Å². The molecule has 0 saturated heterocycles. The highest BCUT2D eigenvalue weighted by atomic mass is 32.2. The maximum atomic E-state index is 12.0. The number of ether oxygens (including phenoxy) is 1. The molecule has 0 amide bonds. The molecule has 3 N–H and O–H groups in total. The van der Waals surface area contributed by atoms with Crippen LogP contribution in [0.15, 0.2) is 29.2 Å². The SMILES string of the molecule is COCC(CCCN)Nc1ccc(S(=O)(=O)N(C)C)cc1. The molecule has 120 valence electrons. The summed E-state index contributed by atoms with van der Waals surface area (Å²) in [7, 11) is 1.31. The van der Waals surface area contributed by atoms with Gasteiger partial charge in [-0.15, -0.1) is 0 Å². The molecule has 0 heterocycles. The van der Waals surface area contributed by atoms with Gasteiger partial charge in [0.15, 0.2) is 0 Å². The third-order valence-electron chi connectivity index (χ3n) is 3.13. The van der Waals surface area contributed by atoms with Crippen molar-refractivity contribution in [3.05, 3.63) is 24.3 Å². The molecule has 1 unspecified atom stereocenters. The maximum absolute atomic E-state index is 12.0. The molecule has 0 aromatic heterocycles. The molecule has 0 spiro atoms. The fraction of sp³-hybridized carbons (Fsp3) is 0.571. The average Bonchev–Trinajstić information content (AvgIpc) is 2.45. The summed E-state index contributed by atoms with van der Waals surface area (Å²) in [6.07, 6.45) is 1.82. The first-order valence-corrected chi connectivity index (χ1v) is 8.34. The van der Waals surface area contributed by atoms with Crippen LogP contribution in [0.25, 0.3) is 0 Å². The summed E-state index contributed by atoms with van der Waals surface area (Å²) < 4.78 is 30.3. The topological polar surface area (TPSA) is 84.7 Å². The molecule has 0 bridgehead atoms. The van der Waals surface area contributed by atoms with Gasteiger partial charge < -0.3 is 15.8 Å². The van der Waals surface area contributed by atoms with Crippen molar-refractivity contribution in [2.75, 3.05) is 39.7 Å². The Hall–Kier alpha value is -1.15. The number of methoxy groups -OCH3 is 1. The minimum absolute atomic E-state index is 0.162. The molecule has 6 nitrogen and oxygen atoms in total. The number of hydrogen-bond donors (Lipinski definition) is 2. The summed E-state index contributed by atoms with van der Waals surface area (Å²) in [5.74, 6) is 0. The lowest BCUT2D eigenvalue weighted by Gasteiger charge is -2.19. The molecule has 1 atom stereocenters. The van der Waals surface area contributed by atoms with Gasteiger partial charge in [0.2, 0.25) is 10.0 Å². The Kier molecular flexibility index (Phi) is 7.10. The summed E-state index contributed by atoms with van der Waals surface area (Å²) in [6.45, 7) is 1.22. The van der Waals surface area contributed by atoms with Crippen molar-refractivity contribution in [3.63, 3.8) is 0 Å². The molecule has 0 saturated carbocycles. The summed E-state index contributed by atoms with van der Waals surface area (Å²) >= 11 is 0. The first-order valence-electron chi connectivity index (χ1n) is 6.90. The number of nitrogens with one attached hydrogen (secondary N) is 1. The Balaban J connectivity index is 2.77. The Morgan fingerprint density at radius 2 is 1.90 bits per heavy atom. The first-order chi connectivity index (χ1) is 9.91. The normalized spacial score (nSPS) is 13.4. The van der Waals surface area contributed by atoms with Crippen molar-refractivity contribution >= 4 is 15.7 Å². The predicted molar refractivity (Wildman–Crippen MR) is 84.9 cm³/mol. The maximum Gasteiger partial charge on any atom is 0.242 e. The number of hydrogen-bond acceptors (Lipinski definition) is 5. The third-order valence-corrected chi connectivity index (χ3v) is 4.96. The van der Waals surface area contributed by atoms with Gasteiger partial charge in [-0.3, -0.25) is 0 Å². The molecular formula is C14H25N3O3S. The van der Waals surface area contributed by atoms with Crippen molar-refractivity contribution < 1.29 is 13.2 Å². The van der Waals surface area contributed by atoms with Crippen molar-refractivity contribution in [2.45, 2.75) is 23.8 Å². The zero-order chi connectivity index (χ0) is 15.9. The zero-order valence-electron chi connectivity index (χ0n) is 12.9. The molecule has 0 radical (unpaired) electrons. The second kappa shape index (κ2) is 8.33. The van der Waals surface area contributed by atoms with Crippen molar-refractivity contribution in [1.82, 2.24) is 4.31 Å². The van der Waals surface area contributed by atoms with E-state index in [0.717, 1.165) is 18.5 Å². The van der Waals surface area contributed by atoms with Crippen LogP contribution in [0.3, 0.4) is 0 Å². The van der Waals surface area contributed by atoms with E-state index in [9.17, 15) is 8.42 Å². The lowest BCUT2D eigenvalue weighted by atomic mass is 10.1. The van der Waals surface area contributed by atoms with Crippen LogP contribution in [0.2, 0.25) is 0 Å². The Bertz CT molecular complexity index is 515.